The summed E-state index contributed by atoms with van der Waals surface area (Å²) in [5.41, 5.74) is 1.49. The van der Waals surface area contributed by atoms with Crippen molar-refractivity contribution in [2.24, 2.45) is 0 Å². The van der Waals surface area contributed by atoms with Gasteiger partial charge in [0, 0.05) is 36.9 Å². The van der Waals surface area contributed by atoms with E-state index >= 15 is 0 Å². The third-order valence-electron chi connectivity index (χ3n) is 3.43. The van der Waals surface area contributed by atoms with Crippen molar-refractivity contribution in [1.82, 2.24) is 19.8 Å². The Kier molecular flexibility index (Phi) is 4.97. The molecule has 1 saturated carbocycles. The minimum Gasteiger partial charge on any atom is -0.310 e. The Morgan fingerprint density at radius 2 is 2.00 bits per heavy atom. The zero-order chi connectivity index (χ0) is 15.5. The number of nitrogens with one attached hydrogen (secondary N) is 2. The van der Waals surface area contributed by atoms with E-state index in [1.165, 1.54) is 4.31 Å². The molecule has 2 rings (SSSR count). The Morgan fingerprint density at radius 1 is 1.38 bits per heavy atom. The fraction of sp³-hybridized carbons (Fsp3) is 0.500. The highest BCUT2D eigenvalue weighted by atomic mass is 32.2. The lowest BCUT2D eigenvalue weighted by Gasteiger charge is -2.18. The third-order valence-corrected chi connectivity index (χ3v) is 5.23. The molecule has 0 unspecified atom stereocenters. The lowest BCUT2D eigenvalue weighted by atomic mass is 10.2. The summed E-state index contributed by atoms with van der Waals surface area (Å²) in [6.07, 6.45) is 5.42. The van der Waals surface area contributed by atoms with Gasteiger partial charge in [-0.15, -0.1) is 13.2 Å². The van der Waals surface area contributed by atoms with Crippen molar-refractivity contribution < 1.29 is 8.42 Å². The second kappa shape index (κ2) is 6.55. The number of sulfonamides is 1. The molecule has 116 valence electrons. The monoisotopic (exact) mass is 310 g/mol. The van der Waals surface area contributed by atoms with E-state index in [0.29, 0.717) is 18.2 Å². The third kappa shape index (κ3) is 3.61. The van der Waals surface area contributed by atoms with Crippen LogP contribution in [-0.4, -0.2) is 42.1 Å². The molecule has 1 aromatic heterocycles. The van der Waals surface area contributed by atoms with Gasteiger partial charge in [0.2, 0.25) is 0 Å². The maximum atomic E-state index is 12.7. The van der Waals surface area contributed by atoms with Gasteiger partial charge in [-0.3, -0.25) is 5.10 Å². The van der Waals surface area contributed by atoms with Crippen molar-refractivity contribution >= 4 is 10.0 Å². The zero-order valence-electron chi connectivity index (χ0n) is 12.3. The van der Waals surface area contributed by atoms with Crippen LogP contribution in [0.5, 0.6) is 0 Å². The van der Waals surface area contributed by atoms with Gasteiger partial charge in [-0.1, -0.05) is 12.2 Å². The van der Waals surface area contributed by atoms with Crippen LogP contribution in [0, 0.1) is 6.92 Å². The van der Waals surface area contributed by atoms with Crippen molar-refractivity contribution in [2.45, 2.75) is 37.4 Å². The van der Waals surface area contributed by atoms with Crippen LogP contribution in [0.15, 0.2) is 30.3 Å². The second-order valence-corrected chi connectivity index (χ2v) is 7.04. The van der Waals surface area contributed by atoms with Gasteiger partial charge in [-0.2, -0.15) is 9.40 Å². The fourth-order valence-corrected chi connectivity index (χ4v) is 3.61. The van der Waals surface area contributed by atoms with Crippen LogP contribution in [0.2, 0.25) is 0 Å². The maximum Gasteiger partial charge on any atom is 0.263 e. The van der Waals surface area contributed by atoms with Crippen molar-refractivity contribution in [2.75, 3.05) is 13.1 Å². The highest BCUT2D eigenvalue weighted by Crippen LogP contribution is 2.23. The van der Waals surface area contributed by atoms with E-state index in [1.54, 1.807) is 12.2 Å². The van der Waals surface area contributed by atoms with Gasteiger partial charge in [0.25, 0.3) is 10.0 Å². The van der Waals surface area contributed by atoms with E-state index in [1.807, 2.05) is 6.92 Å². The molecule has 2 N–H and O–H groups in total. The molecule has 1 aliphatic carbocycles. The topological polar surface area (TPSA) is 78.1 Å². The normalized spacial score (nSPS) is 15.3. The molecule has 0 saturated heterocycles. The van der Waals surface area contributed by atoms with Gasteiger partial charge in [0.1, 0.15) is 0 Å². The van der Waals surface area contributed by atoms with Gasteiger partial charge >= 0.3 is 0 Å². The van der Waals surface area contributed by atoms with E-state index < -0.39 is 10.0 Å². The summed E-state index contributed by atoms with van der Waals surface area (Å²) < 4.78 is 26.8. The average Bonchev–Trinajstić information content (AvgIpc) is 3.19. The van der Waals surface area contributed by atoms with Crippen LogP contribution < -0.4 is 5.32 Å². The number of hydrogen-bond acceptors (Lipinski definition) is 4. The van der Waals surface area contributed by atoms with E-state index in [9.17, 15) is 8.42 Å². The highest BCUT2D eigenvalue weighted by molar-refractivity contribution is 7.89. The molecule has 1 heterocycles. The number of nitrogens with zero attached hydrogens (tertiary/aromatic N) is 2. The molecule has 0 spiro atoms. The maximum absolute atomic E-state index is 12.7. The highest BCUT2D eigenvalue weighted by Gasteiger charge is 2.30. The van der Waals surface area contributed by atoms with Crippen molar-refractivity contribution in [1.29, 1.82) is 0 Å². The van der Waals surface area contributed by atoms with Crippen LogP contribution in [0.4, 0.5) is 0 Å². The first-order chi connectivity index (χ1) is 10.0. The molecule has 6 nitrogen and oxygen atoms in total. The van der Waals surface area contributed by atoms with E-state index in [4.69, 9.17) is 0 Å². The smallest absolute Gasteiger partial charge is 0.263 e. The van der Waals surface area contributed by atoms with Crippen molar-refractivity contribution in [3.63, 3.8) is 0 Å². The van der Waals surface area contributed by atoms with Crippen molar-refractivity contribution in [3.05, 3.63) is 36.6 Å². The summed E-state index contributed by atoms with van der Waals surface area (Å²) in [6.45, 7) is 10.0. The van der Waals surface area contributed by atoms with Gasteiger partial charge < -0.3 is 5.32 Å². The predicted molar refractivity (Wildman–Crippen MR) is 82.3 cm³/mol. The summed E-state index contributed by atoms with van der Waals surface area (Å²) >= 11 is 0. The van der Waals surface area contributed by atoms with Gasteiger partial charge in [0.15, 0.2) is 5.03 Å². The van der Waals surface area contributed by atoms with Gasteiger partial charge in [-0.25, -0.2) is 8.42 Å². The van der Waals surface area contributed by atoms with E-state index in [0.717, 1.165) is 18.5 Å². The molecule has 1 fully saturated rings. The number of aromatic nitrogens is 2. The Hall–Kier alpha value is -1.44. The summed E-state index contributed by atoms with van der Waals surface area (Å²) in [5.74, 6) is 0. The fourth-order valence-electron chi connectivity index (χ4n) is 2.07. The quantitative estimate of drug-likeness (QED) is 0.675. The predicted octanol–water partition coefficient (Wildman–Crippen LogP) is 1.33. The first-order valence-electron chi connectivity index (χ1n) is 6.99. The summed E-state index contributed by atoms with van der Waals surface area (Å²) in [6, 6.07) is 0.507. The molecule has 0 bridgehead atoms. The Balaban J connectivity index is 2.28. The Bertz CT molecular complexity index is 607. The van der Waals surface area contributed by atoms with E-state index in [-0.39, 0.29) is 18.1 Å². The van der Waals surface area contributed by atoms with Crippen LogP contribution in [0.25, 0.3) is 0 Å². The summed E-state index contributed by atoms with van der Waals surface area (Å²) in [4.78, 5) is 0. The van der Waals surface area contributed by atoms with Crippen LogP contribution in [-0.2, 0) is 16.6 Å². The van der Waals surface area contributed by atoms with Crippen LogP contribution >= 0.6 is 0 Å². The minimum absolute atomic E-state index is 0.0943. The lowest BCUT2D eigenvalue weighted by Crippen LogP contribution is -2.32. The number of H-pyrrole nitrogens is 1. The number of hydrogen-bond donors (Lipinski definition) is 2. The van der Waals surface area contributed by atoms with E-state index in [2.05, 4.69) is 28.7 Å². The van der Waals surface area contributed by atoms with Crippen LogP contribution in [0.3, 0.4) is 0 Å². The molecule has 0 atom stereocenters. The molecule has 21 heavy (non-hydrogen) atoms. The lowest BCUT2D eigenvalue weighted by molar-refractivity contribution is 0.469. The number of aromatic amines is 1. The van der Waals surface area contributed by atoms with Crippen LogP contribution in [0.1, 0.15) is 24.1 Å². The molecule has 0 aliphatic heterocycles. The molecule has 7 heteroatoms. The number of aryl methyl sites for hydroxylation is 1. The van der Waals surface area contributed by atoms with Gasteiger partial charge in [0.05, 0.1) is 0 Å². The number of rotatable bonds is 9. The second-order valence-electron chi connectivity index (χ2n) is 5.19. The molecule has 0 aromatic carbocycles. The van der Waals surface area contributed by atoms with Gasteiger partial charge in [-0.05, 0) is 19.8 Å². The standard InChI is InChI=1S/C14H22N4O2S/c1-4-8-18(9-5-2)21(19,20)14-13(11(3)16-17-14)10-15-12-6-7-12/h4-5,12,15H,1-2,6-10H2,3H3,(H,16,17). The van der Waals surface area contributed by atoms with Crippen molar-refractivity contribution in [3.8, 4) is 0 Å². The largest absolute Gasteiger partial charge is 0.310 e. The molecular formula is C14H22N4O2S. The molecule has 1 aromatic rings. The zero-order valence-corrected chi connectivity index (χ0v) is 13.1. The Labute approximate surface area is 126 Å². The first kappa shape index (κ1) is 15.9. The Morgan fingerprint density at radius 3 is 2.52 bits per heavy atom. The molecule has 1 aliphatic rings. The molecular weight excluding hydrogens is 288 g/mol. The average molecular weight is 310 g/mol. The molecule has 0 radical (unpaired) electrons. The SMILES string of the molecule is C=CCN(CC=C)S(=O)(=O)c1n[nH]c(C)c1CNC1CC1. The summed E-state index contributed by atoms with van der Waals surface area (Å²) in [7, 11) is -3.65. The summed E-state index contributed by atoms with van der Waals surface area (Å²) in [5, 5.41) is 10.2. The molecule has 0 amide bonds. The minimum atomic E-state index is -3.65. The first-order valence-corrected chi connectivity index (χ1v) is 8.44.